The monoisotopic (exact) mass is 930 g/mol. The topological polar surface area (TPSA) is 174 Å². The number of pyridine rings is 2. The number of nitrogens with zero attached hydrogens (tertiary/aromatic N) is 9. The van der Waals surface area contributed by atoms with Gasteiger partial charge >= 0.3 is 6.18 Å². The second-order valence-corrected chi connectivity index (χ2v) is 17.9. The molecule has 22 heteroatoms. The van der Waals surface area contributed by atoms with Crippen molar-refractivity contribution >= 4 is 68.7 Å². The summed E-state index contributed by atoms with van der Waals surface area (Å²) in [4.78, 5) is 58.9. The number of likely N-dealkylation sites (tertiary alicyclic amines) is 2. The minimum absolute atomic E-state index is 0.0296. The molecule has 2 aliphatic rings. The van der Waals surface area contributed by atoms with Gasteiger partial charge < -0.3 is 34.9 Å². The van der Waals surface area contributed by atoms with Crippen molar-refractivity contribution < 1.29 is 36.0 Å². The molecule has 2 unspecified atom stereocenters. The minimum atomic E-state index is -4.54. The molecule has 6 aromatic rings. The molecule has 15 nitrogen and oxygen atoms in total. The van der Waals surface area contributed by atoms with Gasteiger partial charge in [0.2, 0.25) is 5.91 Å². The Morgan fingerprint density at radius 1 is 0.734 bits per heavy atom. The molecule has 6 aromatic heterocycles. The molecule has 0 bridgehead atoms. The van der Waals surface area contributed by atoms with Crippen LogP contribution in [0.3, 0.4) is 0 Å². The zero-order chi connectivity index (χ0) is 45.8. The third-order valence-electron chi connectivity index (χ3n) is 10.8. The number of anilines is 2. The van der Waals surface area contributed by atoms with E-state index in [9.17, 15) is 31.5 Å². The number of piperidine rings is 2. The number of alkyl halides is 3. The maximum absolute atomic E-state index is 14.4. The Bertz CT molecular complexity index is 2440. The van der Waals surface area contributed by atoms with Gasteiger partial charge in [0.1, 0.15) is 17.7 Å². The van der Waals surface area contributed by atoms with E-state index in [0.717, 1.165) is 31.0 Å². The Morgan fingerprint density at radius 3 is 1.62 bits per heavy atom. The number of carbonyl (C=O) groups excluding carboxylic acids is 2. The number of hydrogen-bond acceptors (Lipinski definition) is 10. The number of nitrogens with one attached hydrogen (secondary N) is 4. The fourth-order valence-corrected chi connectivity index (χ4v) is 8.07. The summed E-state index contributed by atoms with van der Waals surface area (Å²) in [5.74, 6) is -1.10. The molecule has 0 radical (unpaired) electrons. The molecule has 2 fully saturated rings. The molecule has 4 N–H and O–H groups in total. The van der Waals surface area contributed by atoms with Crippen LogP contribution in [0.4, 0.5) is 33.6 Å². The van der Waals surface area contributed by atoms with Crippen LogP contribution < -0.4 is 10.6 Å². The lowest BCUT2D eigenvalue weighted by atomic mass is 9.97. The largest absolute Gasteiger partial charge is 0.397 e. The van der Waals surface area contributed by atoms with Gasteiger partial charge in [0, 0.05) is 86.0 Å². The Kier molecular flexibility index (Phi) is 14.1. The van der Waals surface area contributed by atoms with Crippen molar-refractivity contribution in [3.63, 3.8) is 0 Å². The average molecular weight is 932 g/mol. The van der Waals surface area contributed by atoms with E-state index >= 15 is 0 Å². The van der Waals surface area contributed by atoms with Crippen LogP contribution in [0, 0.1) is 23.5 Å². The van der Waals surface area contributed by atoms with Crippen LogP contribution >= 0.6 is 23.2 Å². The van der Waals surface area contributed by atoms with Gasteiger partial charge in [-0.15, -0.1) is 0 Å². The molecule has 0 spiro atoms. The van der Waals surface area contributed by atoms with Crippen molar-refractivity contribution in [3.05, 3.63) is 71.0 Å². The molecule has 8 heterocycles. The first kappa shape index (κ1) is 46.3. The summed E-state index contributed by atoms with van der Waals surface area (Å²) >= 11 is 12.1. The second-order valence-electron chi connectivity index (χ2n) is 17.0. The predicted molar refractivity (Wildman–Crippen MR) is 233 cm³/mol. The lowest BCUT2D eigenvalue weighted by Crippen LogP contribution is -2.49. The van der Waals surface area contributed by atoms with E-state index < -0.39 is 30.1 Å². The van der Waals surface area contributed by atoms with Crippen LogP contribution in [0.15, 0.2) is 49.3 Å². The van der Waals surface area contributed by atoms with Crippen LogP contribution in [0.1, 0.15) is 32.1 Å². The van der Waals surface area contributed by atoms with Gasteiger partial charge in [-0.05, 0) is 49.7 Å². The highest BCUT2D eigenvalue weighted by Crippen LogP contribution is 2.31. The van der Waals surface area contributed by atoms with Gasteiger partial charge in [0.25, 0.3) is 5.91 Å². The quantitative estimate of drug-likeness (QED) is 0.0750. The van der Waals surface area contributed by atoms with E-state index in [1.807, 2.05) is 26.0 Å². The average Bonchev–Trinajstić information content (AvgIpc) is 3.86. The first-order valence-electron chi connectivity index (χ1n) is 20.6. The number of rotatable bonds is 11. The van der Waals surface area contributed by atoms with Crippen molar-refractivity contribution in [1.29, 1.82) is 0 Å². The Balaban J connectivity index is 0.000000191. The minimum Gasteiger partial charge on any atom is -0.367 e. The maximum Gasteiger partial charge on any atom is 0.397 e. The summed E-state index contributed by atoms with van der Waals surface area (Å²) in [7, 11) is 6.02. The van der Waals surface area contributed by atoms with Crippen LogP contribution in [-0.2, 0) is 9.59 Å². The number of fused-ring (bicyclic) bond motifs is 2. The van der Waals surface area contributed by atoms with E-state index in [0.29, 0.717) is 80.6 Å². The third kappa shape index (κ3) is 11.9. The number of H-pyrrole nitrogens is 2. The Morgan fingerprint density at radius 2 is 1.19 bits per heavy atom. The van der Waals surface area contributed by atoms with Gasteiger partial charge in [0.15, 0.2) is 41.5 Å². The van der Waals surface area contributed by atoms with Crippen LogP contribution in [-0.4, -0.2) is 139 Å². The number of aromatic nitrogens is 8. The number of hydrogen-bond donors (Lipinski definition) is 4. The van der Waals surface area contributed by atoms with E-state index in [2.05, 4.69) is 50.5 Å². The van der Waals surface area contributed by atoms with Crippen molar-refractivity contribution in [3.8, 4) is 22.8 Å². The molecular formula is C42H47Cl2F5N13O2+. The normalized spacial score (nSPS) is 17.0. The summed E-state index contributed by atoms with van der Waals surface area (Å²) in [6.45, 7) is 3.15. The Labute approximate surface area is 374 Å². The fraction of sp³-hybridized carbons (Fsp3) is 0.429. The van der Waals surface area contributed by atoms with Gasteiger partial charge in [-0.2, -0.15) is 13.2 Å². The van der Waals surface area contributed by atoms with Crippen LogP contribution in [0.2, 0.25) is 10.0 Å². The number of amides is 2. The molecule has 64 heavy (non-hydrogen) atoms. The molecule has 0 aliphatic carbocycles. The van der Waals surface area contributed by atoms with Gasteiger partial charge in [-0.25, -0.2) is 38.7 Å². The van der Waals surface area contributed by atoms with E-state index in [1.54, 1.807) is 30.7 Å². The molecule has 2 aliphatic heterocycles. The Hall–Kier alpha value is -5.73. The smallest absolute Gasteiger partial charge is 0.367 e. The number of carbonyl (C=O) groups is 2. The number of aromatic amines is 2. The molecule has 8 rings (SSSR count). The highest BCUT2D eigenvalue weighted by Gasteiger charge is 2.35. The molecule has 340 valence electrons. The molecule has 2 atom stereocenters. The van der Waals surface area contributed by atoms with E-state index in [4.69, 9.17) is 23.2 Å². The molecule has 0 aromatic carbocycles. The number of halogens is 7. The van der Waals surface area contributed by atoms with E-state index in [-0.39, 0.29) is 54.8 Å². The maximum atomic E-state index is 14.4. The molecular weight excluding hydrogens is 884 g/mol. The summed E-state index contributed by atoms with van der Waals surface area (Å²) in [5.41, 5.74) is 2.54. The first-order chi connectivity index (χ1) is 30.4. The zero-order valence-corrected chi connectivity index (χ0v) is 36.8. The number of likely N-dealkylation sites (N-methyl/N-ethyl adjacent to an activating group) is 1. The fourth-order valence-electron chi connectivity index (χ4n) is 7.75. The molecule has 2 saturated heterocycles. The van der Waals surface area contributed by atoms with Crippen molar-refractivity contribution in [2.75, 3.05) is 77.6 Å². The van der Waals surface area contributed by atoms with Crippen molar-refractivity contribution in [2.45, 2.75) is 38.3 Å². The molecule has 2 amide bonds. The van der Waals surface area contributed by atoms with Gasteiger partial charge in [0.05, 0.1) is 43.6 Å². The second kappa shape index (κ2) is 19.6. The summed E-state index contributed by atoms with van der Waals surface area (Å²) in [6.07, 6.45) is 5.84. The standard InChI is InChI=1S/C22H28ClFN7O.C20H19ClF4N6O/c1-31(2,3)13-19(32)30-6-4-5-14(12-30)8-25-22-18(24)11-28-21(29-22)17-10-27-20-16(17)7-15(23)9-26-20;21-12-4-13-14(8-28-17(13)27-7-12)18-29-9-15(22)19(30-18)26-6-11-2-1-3-31(10-11)16(32)5-20(23,24)25/h7,9-11,14H,4-6,8,12-13H2,1-3H3,(H,26,27)(H,25,28,29);4,7-9,11H,1-3,5-6,10H2,(H,27,28)(H,26,29,30)/q+1;. The van der Waals surface area contributed by atoms with Crippen molar-refractivity contribution in [2.24, 2.45) is 11.8 Å². The molecule has 0 saturated carbocycles. The summed E-state index contributed by atoms with van der Waals surface area (Å²) in [6, 6.07) is 3.48. The summed E-state index contributed by atoms with van der Waals surface area (Å²) in [5, 5.41) is 8.43. The van der Waals surface area contributed by atoms with E-state index in [1.165, 1.54) is 17.3 Å². The third-order valence-corrected chi connectivity index (χ3v) is 11.2. The number of quaternary nitrogens is 1. The van der Waals surface area contributed by atoms with Gasteiger partial charge in [-0.3, -0.25) is 9.59 Å². The first-order valence-corrected chi connectivity index (χ1v) is 21.4. The highest BCUT2D eigenvalue weighted by molar-refractivity contribution is 6.31. The highest BCUT2D eigenvalue weighted by atomic mass is 35.5. The lowest BCUT2D eigenvalue weighted by molar-refractivity contribution is -0.862. The summed E-state index contributed by atoms with van der Waals surface area (Å²) < 4.78 is 66.9. The van der Waals surface area contributed by atoms with Crippen LogP contribution in [0.5, 0.6) is 0 Å². The van der Waals surface area contributed by atoms with Gasteiger partial charge in [-0.1, -0.05) is 23.2 Å². The lowest BCUT2D eigenvalue weighted by Gasteiger charge is -2.34. The zero-order valence-electron chi connectivity index (χ0n) is 35.2. The SMILES string of the molecule is C[N+](C)(C)CC(=O)N1CCCC(CNc2nc(-c3c[nH]c4ncc(Cl)cc34)ncc2F)C1.O=C(CC(F)(F)F)N1CCCC(CNc2nc(-c3c[nH]c4ncc(Cl)cc34)ncc2F)C1. The predicted octanol–water partition coefficient (Wildman–Crippen LogP) is 7.58. The van der Waals surface area contributed by atoms with Crippen LogP contribution in [0.25, 0.3) is 44.8 Å². The van der Waals surface area contributed by atoms with Crippen molar-refractivity contribution in [1.82, 2.24) is 49.7 Å².